The number of hydrogen-bond acceptors (Lipinski definition) is 5. The molecule has 1 aromatic carbocycles. The molecular formula is C16H19N3O3. The minimum Gasteiger partial charge on any atom is -0.493 e. The third kappa shape index (κ3) is 2.56. The first kappa shape index (κ1) is 14.6. The summed E-state index contributed by atoms with van der Waals surface area (Å²) in [5, 5.41) is 0.990. The Bertz CT molecular complexity index is 682. The fourth-order valence-electron chi connectivity index (χ4n) is 3.01. The molecule has 1 amide bonds. The first-order valence-corrected chi connectivity index (χ1v) is 7.32. The Labute approximate surface area is 129 Å². The number of aromatic nitrogens is 2. The van der Waals surface area contributed by atoms with Crippen molar-refractivity contribution in [2.75, 3.05) is 27.3 Å². The van der Waals surface area contributed by atoms with Gasteiger partial charge in [-0.15, -0.1) is 0 Å². The summed E-state index contributed by atoms with van der Waals surface area (Å²) in [5.41, 5.74) is 1.87. The third-order valence-corrected chi connectivity index (χ3v) is 4.24. The molecule has 0 bridgehead atoms. The summed E-state index contributed by atoms with van der Waals surface area (Å²) in [6, 6.07) is 3.81. The van der Waals surface area contributed by atoms with Crippen molar-refractivity contribution in [1.82, 2.24) is 14.9 Å². The lowest BCUT2D eigenvalue weighted by atomic mass is 9.91. The van der Waals surface area contributed by atoms with Crippen molar-refractivity contribution in [3.05, 3.63) is 24.2 Å². The number of carbonyl (C=O) groups excluding carboxylic acids is 1. The fraction of sp³-hybridized carbons (Fsp3) is 0.438. The van der Waals surface area contributed by atoms with E-state index in [2.05, 4.69) is 9.97 Å². The summed E-state index contributed by atoms with van der Waals surface area (Å²) in [7, 11) is 3.23. The van der Waals surface area contributed by atoms with Crippen molar-refractivity contribution >= 4 is 17.3 Å². The van der Waals surface area contributed by atoms with Crippen LogP contribution in [-0.4, -0.2) is 48.6 Å². The van der Waals surface area contributed by atoms with Crippen molar-refractivity contribution in [1.29, 1.82) is 0 Å². The smallest absolute Gasteiger partial charge is 0.209 e. The van der Waals surface area contributed by atoms with Gasteiger partial charge in [-0.05, 0) is 18.9 Å². The van der Waals surface area contributed by atoms with Gasteiger partial charge in [-0.2, -0.15) is 0 Å². The van der Waals surface area contributed by atoms with E-state index in [-0.39, 0.29) is 0 Å². The number of ether oxygens (including phenoxy) is 2. The van der Waals surface area contributed by atoms with Crippen LogP contribution in [0.25, 0.3) is 10.9 Å². The Balaban J connectivity index is 2.01. The van der Waals surface area contributed by atoms with Crippen molar-refractivity contribution in [3.8, 4) is 11.5 Å². The molecule has 3 rings (SSSR count). The van der Waals surface area contributed by atoms with Crippen LogP contribution in [0.2, 0.25) is 0 Å². The van der Waals surface area contributed by atoms with Crippen LogP contribution in [0.3, 0.4) is 0 Å². The summed E-state index contributed by atoms with van der Waals surface area (Å²) < 4.78 is 10.7. The molecule has 0 aliphatic carbocycles. The number of methoxy groups -OCH3 is 2. The van der Waals surface area contributed by atoms with Crippen molar-refractivity contribution in [2.24, 2.45) is 0 Å². The number of likely N-dealkylation sites (tertiary alicyclic amines) is 1. The molecule has 2 heterocycles. The zero-order valence-electron chi connectivity index (χ0n) is 12.8. The molecule has 6 nitrogen and oxygen atoms in total. The van der Waals surface area contributed by atoms with Gasteiger partial charge in [-0.1, -0.05) is 0 Å². The number of hydrogen-bond donors (Lipinski definition) is 0. The quantitative estimate of drug-likeness (QED) is 0.808. The number of rotatable bonds is 4. The largest absolute Gasteiger partial charge is 0.493 e. The molecule has 1 aliphatic rings. The molecular weight excluding hydrogens is 282 g/mol. The molecule has 1 aliphatic heterocycles. The minimum atomic E-state index is 0.333. The van der Waals surface area contributed by atoms with E-state index < -0.39 is 0 Å². The molecule has 6 heteroatoms. The van der Waals surface area contributed by atoms with Crippen LogP contribution in [0.15, 0.2) is 18.5 Å². The lowest BCUT2D eigenvalue weighted by molar-refractivity contribution is -0.119. The Morgan fingerprint density at radius 3 is 2.45 bits per heavy atom. The summed E-state index contributed by atoms with van der Waals surface area (Å²) >= 11 is 0. The highest BCUT2D eigenvalue weighted by atomic mass is 16.5. The topological polar surface area (TPSA) is 64.6 Å². The normalized spacial score (nSPS) is 15.8. The summed E-state index contributed by atoms with van der Waals surface area (Å²) in [4.78, 5) is 21.5. The van der Waals surface area contributed by atoms with Crippen LogP contribution in [0.4, 0.5) is 0 Å². The molecule has 0 N–H and O–H groups in total. The number of carbonyl (C=O) groups is 1. The van der Waals surface area contributed by atoms with E-state index in [9.17, 15) is 4.79 Å². The maximum absolute atomic E-state index is 10.8. The van der Waals surface area contributed by atoms with Crippen molar-refractivity contribution in [3.63, 3.8) is 0 Å². The first-order chi connectivity index (χ1) is 10.8. The molecule has 1 fully saturated rings. The average Bonchev–Trinajstić information content (AvgIpc) is 2.60. The molecule has 116 valence electrons. The molecule has 1 saturated heterocycles. The second kappa shape index (κ2) is 6.17. The maximum Gasteiger partial charge on any atom is 0.209 e. The highest BCUT2D eigenvalue weighted by Gasteiger charge is 2.23. The van der Waals surface area contributed by atoms with Crippen molar-refractivity contribution in [2.45, 2.75) is 18.8 Å². The fourth-order valence-corrected chi connectivity index (χ4v) is 3.01. The SMILES string of the molecule is COc1cc2ncnc(C3CCN(C=O)CC3)c2cc1OC. The van der Waals surface area contributed by atoms with E-state index in [1.54, 1.807) is 20.5 Å². The Morgan fingerprint density at radius 2 is 1.82 bits per heavy atom. The molecule has 0 unspecified atom stereocenters. The number of benzene rings is 1. The van der Waals surface area contributed by atoms with Gasteiger partial charge in [0.2, 0.25) is 6.41 Å². The van der Waals surface area contributed by atoms with E-state index in [1.165, 1.54) is 0 Å². The highest BCUT2D eigenvalue weighted by Crippen LogP contribution is 2.36. The van der Waals surface area contributed by atoms with Crippen LogP contribution < -0.4 is 9.47 Å². The predicted octanol–water partition coefficient (Wildman–Crippen LogP) is 1.98. The van der Waals surface area contributed by atoms with Gasteiger partial charge in [0.1, 0.15) is 6.33 Å². The minimum absolute atomic E-state index is 0.333. The number of piperidine rings is 1. The molecule has 1 aromatic heterocycles. The summed E-state index contributed by atoms with van der Waals surface area (Å²) in [6.07, 6.45) is 4.34. The Morgan fingerprint density at radius 1 is 1.14 bits per heavy atom. The van der Waals surface area contributed by atoms with Gasteiger partial charge in [0.25, 0.3) is 0 Å². The number of fused-ring (bicyclic) bond motifs is 1. The Hall–Kier alpha value is -2.37. The zero-order valence-corrected chi connectivity index (χ0v) is 12.8. The predicted molar refractivity (Wildman–Crippen MR) is 82.3 cm³/mol. The van der Waals surface area contributed by atoms with E-state index in [0.717, 1.165) is 48.9 Å². The maximum atomic E-state index is 10.8. The van der Waals surface area contributed by atoms with Crippen LogP contribution in [0, 0.1) is 0 Å². The van der Waals surface area contributed by atoms with Crippen molar-refractivity contribution < 1.29 is 14.3 Å². The third-order valence-electron chi connectivity index (χ3n) is 4.24. The molecule has 0 spiro atoms. The number of amides is 1. The zero-order chi connectivity index (χ0) is 15.5. The van der Waals surface area contributed by atoms with Gasteiger partial charge in [-0.25, -0.2) is 9.97 Å². The van der Waals surface area contributed by atoms with E-state index in [1.807, 2.05) is 17.0 Å². The summed E-state index contributed by atoms with van der Waals surface area (Å²) in [5.74, 6) is 1.67. The standard InChI is InChI=1S/C16H19N3O3/c1-21-14-7-12-13(8-15(14)22-2)17-9-18-16(12)11-3-5-19(10-20)6-4-11/h7-11H,3-6H2,1-2H3. The molecule has 22 heavy (non-hydrogen) atoms. The van der Waals surface area contributed by atoms with Crippen LogP contribution in [-0.2, 0) is 4.79 Å². The molecule has 0 saturated carbocycles. The lowest BCUT2D eigenvalue weighted by Gasteiger charge is -2.29. The van der Waals surface area contributed by atoms with Gasteiger partial charge >= 0.3 is 0 Å². The molecule has 0 radical (unpaired) electrons. The highest BCUT2D eigenvalue weighted by molar-refractivity contribution is 5.85. The Kier molecular flexibility index (Phi) is 4.09. The van der Waals surface area contributed by atoms with E-state index >= 15 is 0 Å². The van der Waals surface area contributed by atoms with Crippen LogP contribution in [0.1, 0.15) is 24.5 Å². The van der Waals surface area contributed by atoms with Gasteiger partial charge in [-0.3, -0.25) is 4.79 Å². The average molecular weight is 301 g/mol. The summed E-state index contributed by atoms with van der Waals surface area (Å²) in [6.45, 7) is 1.54. The lowest BCUT2D eigenvalue weighted by Crippen LogP contribution is -2.31. The van der Waals surface area contributed by atoms with Gasteiger partial charge in [0.15, 0.2) is 11.5 Å². The van der Waals surface area contributed by atoms with E-state index in [4.69, 9.17) is 9.47 Å². The van der Waals surface area contributed by atoms with Gasteiger partial charge in [0.05, 0.1) is 25.4 Å². The molecule has 0 atom stereocenters. The van der Waals surface area contributed by atoms with Gasteiger partial charge in [0, 0.05) is 30.5 Å². The second-order valence-electron chi connectivity index (χ2n) is 5.40. The molecule has 2 aromatic rings. The second-order valence-corrected chi connectivity index (χ2v) is 5.40. The van der Waals surface area contributed by atoms with E-state index in [0.29, 0.717) is 17.4 Å². The van der Waals surface area contributed by atoms with Crippen LogP contribution >= 0.6 is 0 Å². The number of nitrogens with zero attached hydrogens (tertiary/aromatic N) is 3. The van der Waals surface area contributed by atoms with Crippen LogP contribution in [0.5, 0.6) is 11.5 Å². The monoisotopic (exact) mass is 301 g/mol. The van der Waals surface area contributed by atoms with Gasteiger partial charge < -0.3 is 14.4 Å². The first-order valence-electron chi connectivity index (χ1n) is 7.32.